The number of halogens is 3. The number of hydrogen-bond donors (Lipinski definition) is 1. The number of rotatable bonds is 9. The monoisotopic (exact) mass is 487 g/mol. The van der Waals surface area contributed by atoms with Crippen molar-refractivity contribution in [2.24, 2.45) is 23.2 Å². The van der Waals surface area contributed by atoms with E-state index in [-0.39, 0.29) is 30.4 Å². The van der Waals surface area contributed by atoms with Crippen LogP contribution in [0.3, 0.4) is 0 Å². The number of carbonyl (C=O) groups is 1. The number of benzene rings is 1. The van der Waals surface area contributed by atoms with Gasteiger partial charge in [-0.1, -0.05) is 0 Å². The summed E-state index contributed by atoms with van der Waals surface area (Å²) >= 11 is 0. The number of hydrogen-bond acceptors (Lipinski definition) is 5. The Hall–Kier alpha value is -1.81. The van der Waals surface area contributed by atoms with Crippen LogP contribution >= 0.6 is 0 Å². The SMILES string of the molecule is COCCS(=O)(=O)NC(=O)c1cc(C2CC2)c(OCC23CC4CC(C2)C(F)(F)C3C4)cc1F. The second kappa shape index (κ2) is 7.86. The van der Waals surface area contributed by atoms with Crippen LogP contribution in [0.5, 0.6) is 5.75 Å². The van der Waals surface area contributed by atoms with Crippen LogP contribution in [0.2, 0.25) is 0 Å². The Bertz CT molecular complexity index is 1070. The molecular formula is C23H28F3NO5S. The highest BCUT2D eigenvalue weighted by atomic mass is 32.2. The van der Waals surface area contributed by atoms with Gasteiger partial charge < -0.3 is 9.47 Å². The highest BCUT2D eigenvalue weighted by Crippen LogP contribution is 2.70. The van der Waals surface area contributed by atoms with E-state index in [2.05, 4.69) is 0 Å². The van der Waals surface area contributed by atoms with Crippen molar-refractivity contribution >= 4 is 15.9 Å². The Labute approximate surface area is 191 Å². The van der Waals surface area contributed by atoms with Gasteiger partial charge in [-0.2, -0.15) is 0 Å². The third-order valence-corrected chi connectivity index (χ3v) is 9.16. The minimum atomic E-state index is -3.97. The van der Waals surface area contributed by atoms with Gasteiger partial charge in [0.05, 0.1) is 24.5 Å². The zero-order chi connectivity index (χ0) is 23.6. The molecule has 0 saturated heterocycles. The van der Waals surface area contributed by atoms with Crippen LogP contribution in [0.25, 0.3) is 0 Å². The highest BCUT2D eigenvalue weighted by Gasteiger charge is 2.71. The van der Waals surface area contributed by atoms with Crippen molar-refractivity contribution in [3.8, 4) is 5.75 Å². The molecule has 0 aromatic heterocycles. The average Bonchev–Trinajstić information content (AvgIpc) is 3.52. The summed E-state index contributed by atoms with van der Waals surface area (Å²) in [5.74, 6) is -5.70. The van der Waals surface area contributed by atoms with Crippen molar-refractivity contribution in [3.63, 3.8) is 0 Å². The number of alkyl halides is 2. The van der Waals surface area contributed by atoms with Crippen LogP contribution in [0.4, 0.5) is 13.2 Å². The van der Waals surface area contributed by atoms with Crippen molar-refractivity contribution in [2.75, 3.05) is 26.1 Å². The first kappa shape index (κ1) is 23.0. The molecule has 5 aliphatic rings. The summed E-state index contributed by atoms with van der Waals surface area (Å²) in [5, 5.41) is 0. The molecule has 10 heteroatoms. The summed E-state index contributed by atoms with van der Waals surface area (Å²) in [4.78, 5) is 12.5. The number of nitrogens with one attached hydrogen (secondary N) is 1. The van der Waals surface area contributed by atoms with Crippen molar-refractivity contribution in [1.29, 1.82) is 0 Å². The predicted molar refractivity (Wildman–Crippen MR) is 113 cm³/mol. The highest BCUT2D eigenvalue weighted by molar-refractivity contribution is 7.90. The number of ether oxygens (including phenoxy) is 2. The minimum absolute atomic E-state index is 0.0764. The molecule has 5 fully saturated rings. The maximum atomic E-state index is 14.9. The molecule has 33 heavy (non-hydrogen) atoms. The first-order valence-corrected chi connectivity index (χ1v) is 13.1. The summed E-state index contributed by atoms with van der Waals surface area (Å²) in [6, 6.07) is 2.44. The maximum absolute atomic E-state index is 14.9. The Kier molecular flexibility index (Phi) is 5.47. The van der Waals surface area contributed by atoms with E-state index in [4.69, 9.17) is 9.47 Å². The van der Waals surface area contributed by atoms with Gasteiger partial charge in [0, 0.05) is 30.4 Å². The van der Waals surface area contributed by atoms with Gasteiger partial charge in [0.25, 0.3) is 11.8 Å². The second-order valence-electron chi connectivity index (χ2n) is 10.2. The van der Waals surface area contributed by atoms with Crippen molar-refractivity contribution in [1.82, 2.24) is 4.72 Å². The molecule has 0 radical (unpaired) electrons. The summed E-state index contributed by atoms with van der Waals surface area (Å²) in [5.41, 5.74) is -0.340. The van der Waals surface area contributed by atoms with Crippen LogP contribution < -0.4 is 9.46 Å². The van der Waals surface area contributed by atoms with Crippen LogP contribution in [-0.4, -0.2) is 46.3 Å². The quantitative estimate of drug-likeness (QED) is 0.572. The van der Waals surface area contributed by atoms with Gasteiger partial charge in [-0.25, -0.2) is 26.3 Å². The number of amides is 1. The van der Waals surface area contributed by atoms with Gasteiger partial charge in [0.2, 0.25) is 10.0 Å². The van der Waals surface area contributed by atoms with Gasteiger partial charge in [0.15, 0.2) is 0 Å². The Morgan fingerprint density at radius 3 is 2.67 bits per heavy atom. The summed E-state index contributed by atoms with van der Waals surface area (Å²) in [6.45, 7) is 0.00502. The first-order chi connectivity index (χ1) is 15.5. The molecule has 1 aromatic carbocycles. The van der Waals surface area contributed by atoms with Gasteiger partial charge in [0.1, 0.15) is 11.6 Å². The molecule has 6 nitrogen and oxygen atoms in total. The van der Waals surface area contributed by atoms with E-state index in [0.29, 0.717) is 37.2 Å². The second-order valence-corrected chi connectivity index (χ2v) is 12.0. The third kappa shape index (κ3) is 4.03. The molecule has 1 N–H and O–H groups in total. The lowest BCUT2D eigenvalue weighted by Crippen LogP contribution is -2.36. The molecule has 4 bridgehead atoms. The molecule has 6 rings (SSSR count). The molecule has 4 unspecified atom stereocenters. The van der Waals surface area contributed by atoms with Gasteiger partial charge >= 0.3 is 0 Å². The zero-order valence-corrected chi connectivity index (χ0v) is 19.2. The van der Waals surface area contributed by atoms with Crippen molar-refractivity contribution < 1.29 is 35.9 Å². The Morgan fingerprint density at radius 2 is 1.97 bits per heavy atom. The molecule has 0 heterocycles. The van der Waals surface area contributed by atoms with E-state index >= 15 is 0 Å². The molecular weight excluding hydrogens is 459 g/mol. The van der Waals surface area contributed by atoms with E-state index in [1.807, 2.05) is 4.72 Å². The Morgan fingerprint density at radius 1 is 1.21 bits per heavy atom. The average molecular weight is 488 g/mol. The zero-order valence-electron chi connectivity index (χ0n) is 18.4. The maximum Gasteiger partial charge on any atom is 0.267 e. The molecule has 5 aliphatic carbocycles. The van der Waals surface area contributed by atoms with Crippen LogP contribution in [0.15, 0.2) is 12.1 Å². The third-order valence-electron chi connectivity index (χ3n) is 7.96. The molecule has 0 aliphatic heterocycles. The fraction of sp³-hybridized carbons (Fsp3) is 0.696. The van der Waals surface area contributed by atoms with Crippen LogP contribution in [-0.2, 0) is 14.8 Å². The summed E-state index contributed by atoms with van der Waals surface area (Å²) in [6.07, 6.45) is 3.92. The topological polar surface area (TPSA) is 81.7 Å². The smallest absolute Gasteiger partial charge is 0.267 e. The first-order valence-electron chi connectivity index (χ1n) is 11.4. The lowest BCUT2D eigenvalue weighted by atomic mass is 9.76. The van der Waals surface area contributed by atoms with E-state index < -0.39 is 50.7 Å². The molecule has 4 atom stereocenters. The number of methoxy groups -OCH3 is 1. The van der Waals surface area contributed by atoms with E-state index in [1.165, 1.54) is 13.2 Å². The van der Waals surface area contributed by atoms with Crippen molar-refractivity contribution in [3.05, 3.63) is 29.1 Å². The van der Waals surface area contributed by atoms with Crippen LogP contribution in [0.1, 0.15) is 60.4 Å². The molecule has 5 saturated carbocycles. The fourth-order valence-corrected chi connectivity index (χ4v) is 7.25. The van der Waals surface area contributed by atoms with E-state index in [0.717, 1.165) is 18.9 Å². The van der Waals surface area contributed by atoms with Gasteiger partial charge in [-0.05, 0) is 62.0 Å². The van der Waals surface area contributed by atoms with E-state index in [1.54, 1.807) is 0 Å². The van der Waals surface area contributed by atoms with Gasteiger partial charge in [-0.3, -0.25) is 4.79 Å². The lowest BCUT2D eigenvalue weighted by Gasteiger charge is -2.32. The lowest BCUT2D eigenvalue weighted by molar-refractivity contribution is -0.105. The molecule has 1 amide bonds. The van der Waals surface area contributed by atoms with Gasteiger partial charge in [-0.15, -0.1) is 0 Å². The Balaban J connectivity index is 1.35. The van der Waals surface area contributed by atoms with E-state index in [9.17, 15) is 26.4 Å². The molecule has 182 valence electrons. The normalized spacial score (nSPS) is 31.7. The summed E-state index contributed by atoms with van der Waals surface area (Å²) in [7, 11) is -2.64. The largest absolute Gasteiger partial charge is 0.493 e. The fourth-order valence-electron chi connectivity index (χ4n) is 6.37. The standard InChI is InChI=1S/C23H28F3NO5S/c1-31-4-5-33(29,30)27-21(28)17-8-16(14-2-3-14)19(9-18(17)24)32-12-22-10-13-6-15(11-22)23(25,26)20(22)7-13/h8-9,13-15,20H,2-7,10-12H2,1H3,(H,27,28). The molecule has 1 aromatic rings. The van der Waals surface area contributed by atoms with Crippen LogP contribution in [0, 0.1) is 29.0 Å². The van der Waals surface area contributed by atoms with Crippen molar-refractivity contribution in [2.45, 2.75) is 50.4 Å². The minimum Gasteiger partial charge on any atom is -0.493 e. The number of carbonyl (C=O) groups excluding carboxylic acids is 1. The number of sulfonamides is 1. The predicted octanol–water partition coefficient (Wildman–Crippen LogP) is 3.86. The molecule has 0 spiro atoms. The summed E-state index contributed by atoms with van der Waals surface area (Å²) < 4.78 is 80.9.